The monoisotopic (exact) mass is 192 g/mol. The lowest BCUT2D eigenvalue weighted by Gasteiger charge is -2.33. The summed E-state index contributed by atoms with van der Waals surface area (Å²) in [4.78, 5) is 10.5. The van der Waals surface area contributed by atoms with Gasteiger partial charge >= 0.3 is 5.97 Å². The van der Waals surface area contributed by atoms with E-state index < -0.39 is 5.97 Å². The van der Waals surface area contributed by atoms with Crippen molar-refractivity contribution in [1.82, 2.24) is 0 Å². The van der Waals surface area contributed by atoms with Crippen molar-refractivity contribution in [3.05, 3.63) is 23.3 Å². The van der Waals surface area contributed by atoms with Gasteiger partial charge < -0.3 is 5.11 Å². The topological polar surface area (TPSA) is 37.3 Å². The molecule has 14 heavy (non-hydrogen) atoms. The van der Waals surface area contributed by atoms with Crippen molar-refractivity contribution in [2.45, 2.75) is 26.7 Å². The smallest absolute Gasteiger partial charge is 0.328 e. The van der Waals surface area contributed by atoms with Gasteiger partial charge in [-0.15, -0.1) is 0 Å². The summed E-state index contributed by atoms with van der Waals surface area (Å²) in [6, 6.07) is 0. The molecule has 0 bridgehead atoms. The molecule has 0 heterocycles. The highest BCUT2D eigenvalue weighted by molar-refractivity contribution is 5.81. The largest absolute Gasteiger partial charge is 0.478 e. The second-order valence-corrected chi connectivity index (χ2v) is 4.65. The molecule has 1 fully saturated rings. The zero-order valence-electron chi connectivity index (χ0n) is 8.66. The van der Waals surface area contributed by atoms with Crippen LogP contribution >= 0.6 is 0 Å². The summed E-state index contributed by atoms with van der Waals surface area (Å²) < 4.78 is 0. The number of hydrogen-bond acceptors (Lipinski definition) is 1. The van der Waals surface area contributed by atoms with Crippen LogP contribution in [0.5, 0.6) is 0 Å². The van der Waals surface area contributed by atoms with Gasteiger partial charge in [-0.3, -0.25) is 0 Å². The molecule has 2 nitrogen and oxygen atoms in total. The van der Waals surface area contributed by atoms with Crippen molar-refractivity contribution >= 4 is 5.97 Å². The molecule has 0 aromatic heterocycles. The Hall–Kier alpha value is -1.05. The van der Waals surface area contributed by atoms with Gasteiger partial charge in [0.1, 0.15) is 0 Å². The molecule has 1 N–H and O–H groups in total. The molecule has 2 aliphatic carbocycles. The van der Waals surface area contributed by atoms with Crippen molar-refractivity contribution < 1.29 is 9.90 Å². The fourth-order valence-electron chi connectivity index (χ4n) is 2.49. The van der Waals surface area contributed by atoms with Gasteiger partial charge in [0.05, 0.1) is 0 Å². The first-order valence-corrected chi connectivity index (χ1v) is 5.22. The Morgan fingerprint density at radius 1 is 1.57 bits per heavy atom. The van der Waals surface area contributed by atoms with Crippen molar-refractivity contribution in [2.75, 3.05) is 0 Å². The van der Waals surface area contributed by atoms with E-state index in [9.17, 15) is 4.79 Å². The highest BCUT2D eigenvalue weighted by Gasteiger charge is 2.39. The van der Waals surface area contributed by atoms with Crippen LogP contribution in [0.1, 0.15) is 26.7 Å². The molecule has 2 aliphatic rings. The Labute approximate surface area is 84.3 Å². The van der Waals surface area contributed by atoms with E-state index >= 15 is 0 Å². The molecule has 2 atom stereocenters. The average Bonchev–Trinajstić information content (AvgIpc) is 2.39. The van der Waals surface area contributed by atoms with Crippen LogP contribution in [0, 0.1) is 17.8 Å². The molecule has 0 aliphatic heterocycles. The van der Waals surface area contributed by atoms with E-state index in [1.165, 1.54) is 18.1 Å². The van der Waals surface area contributed by atoms with Crippen LogP contribution < -0.4 is 0 Å². The Bertz CT molecular complexity index is 323. The molecule has 2 heteroatoms. The van der Waals surface area contributed by atoms with Crippen LogP contribution in [-0.2, 0) is 4.79 Å². The third-order valence-corrected chi connectivity index (χ3v) is 3.38. The summed E-state index contributed by atoms with van der Waals surface area (Å²) in [6.45, 7) is 4.41. The summed E-state index contributed by atoms with van der Waals surface area (Å²) in [6.07, 6.45) is 5.84. The van der Waals surface area contributed by atoms with Crippen LogP contribution in [0.25, 0.3) is 0 Å². The molecule has 0 spiro atoms. The summed E-state index contributed by atoms with van der Waals surface area (Å²) in [7, 11) is 0. The molecule has 0 saturated heterocycles. The number of aliphatic carboxylic acids is 1. The first-order chi connectivity index (χ1) is 6.58. The van der Waals surface area contributed by atoms with Crippen LogP contribution in [0.3, 0.4) is 0 Å². The van der Waals surface area contributed by atoms with Gasteiger partial charge in [-0.05, 0) is 24.7 Å². The Morgan fingerprint density at radius 2 is 2.29 bits per heavy atom. The normalized spacial score (nSPS) is 32.8. The molecular formula is C12H16O2. The number of allylic oxidation sites excluding steroid dienone is 3. The van der Waals surface area contributed by atoms with Gasteiger partial charge in [-0.2, -0.15) is 0 Å². The van der Waals surface area contributed by atoms with E-state index in [1.54, 1.807) is 0 Å². The fourth-order valence-corrected chi connectivity index (χ4v) is 2.49. The number of fused-ring (bicyclic) bond motifs is 1. The molecule has 2 rings (SSSR count). The van der Waals surface area contributed by atoms with Gasteiger partial charge in [0.15, 0.2) is 0 Å². The van der Waals surface area contributed by atoms with Crippen LogP contribution in [0.4, 0.5) is 0 Å². The number of carboxylic acids is 1. The molecule has 0 aromatic carbocycles. The maximum absolute atomic E-state index is 10.5. The van der Waals surface area contributed by atoms with E-state index in [1.807, 2.05) is 0 Å². The highest BCUT2D eigenvalue weighted by atomic mass is 16.4. The Balaban J connectivity index is 2.10. The molecule has 1 saturated carbocycles. The third-order valence-electron chi connectivity index (χ3n) is 3.38. The Kier molecular flexibility index (Phi) is 2.22. The molecule has 0 radical (unpaired) electrons. The summed E-state index contributed by atoms with van der Waals surface area (Å²) >= 11 is 0. The predicted octanol–water partition coefficient (Wildman–Crippen LogP) is 2.62. The number of rotatable bonds is 2. The average molecular weight is 192 g/mol. The standard InChI is InChI=1S/C12H16O2/c1-7(2)8-3-9-4-10(6-12(13)14)11(9)5-8/h5-7,9,11H,3-4H2,1-2H3,(H,13,14)/t9-,11-/m0/s1. The Morgan fingerprint density at radius 3 is 2.86 bits per heavy atom. The maximum atomic E-state index is 10.5. The van der Waals surface area contributed by atoms with E-state index in [-0.39, 0.29) is 0 Å². The molecule has 0 amide bonds. The predicted molar refractivity (Wildman–Crippen MR) is 54.9 cm³/mol. The summed E-state index contributed by atoms with van der Waals surface area (Å²) in [5.74, 6) is 0.970. The third kappa shape index (κ3) is 1.49. The van der Waals surface area contributed by atoms with Crippen molar-refractivity contribution in [3.63, 3.8) is 0 Å². The van der Waals surface area contributed by atoms with Crippen LogP contribution in [0.2, 0.25) is 0 Å². The lowest BCUT2D eigenvalue weighted by atomic mass is 9.71. The zero-order valence-corrected chi connectivity index (χ0v) is 8.66. The lowest BCUT2D eigenvalue weighted by Crippen LogP contribution is -2.24. The fraction of sp³-hybridized carbons (Fsp3) is 0.583. The SMILES string of the molecule is CC(C)C1=C[C@@H]2C(=CC(=O)O)C[C@@H]2C1. The van der Waals surface area contributed by atoms with Crippen LogP contribution in [-0.4, -0.2) is 11.1 Å². The van der Waals surface area contributed by atoms with Crippen LogP contribution in [0.15, 0.2) is 23.3 Å². The summed E-state index contributed by atoms with van der Waals surface area (Å²) in [5.41, 5.74) is 2.62. The van der Waals surface area contributed by atoms with Crippen molar-refractivity contribution in [3.8, 4) is 0 Å². The van der Waals surface area contributed by atoms with Crippen molar-refractivity contribution in [2.24, 2.45) is 17.8 Å². The molecule has 0 unspecified atom stereocenters. The summed E-state index contributed by atoms with van der Waals surface area (Å²) in [5, 5.41) is 8.65. The van der Waals surface area contributed by atoms with E-state index in [0.717, 1.165) is 12.0 Å². The highest BCUT2D eigenvalue weighted by Crippen LogP contribution is 2.50. The van der Waals surface area contributed by atoms with Gasteiger partial charge in [0.2, 0.25) is 0 Å². The zero-order chi connectivity index (χ0) is 10.3. The second-order valence-electron chi connectivity index (χ2n) is 4.65. The molecule has 76 valence electrons. The first kappa shape index (κ1) is 9.50. The lowest BCUT2D eigenvalue weighted by molar-refractivity contribution is -0.131. The molecular weight excluding hydrogens is 176 g/mol. The van der Waals surface area contributed by atoms with Crippen molar-refractivity contribution in [1.29, 1.82) is 0 Å². The number of hydrogen-bond donors (Lipinski definition) is 1. The van der Waals surface area contributed by atoms with E-state index in [2.05, 4.69) is 19.9 Å². The quantitative estimate of drug-likeness (QED) is 0.539. The van der Waals surface area contributed by atoms with E-state index in [4.69, 9.17) is 5.11 Å². The first-order valence-electron chi connectivity index (χ1n) is 5.22. The number of carbonyl (C=O) groups is 1. The minimum absolute atomic E-state index is 0.448. The molecule has 0 aromatic rings. The maximum Gasteiger partial charge on any atom is 0.328 e. The minimum Gasteiger partial charge on any atom is -0.478 e. The minimum atomic E-state index is -0.801. The van der Waals surface area contributed by atoms with E-state index in [0.29, 0.717) is 17.8 Å². The second kappa shape index (κ2) is 3.26. The van der Waals surface area contributed by atoms with Gasteiger partial charge in [-0.25, -0.2) is 4.79 Å². The van der Waals surface area contributed by atoms with Gasteiger partial charge in [-0.1, -0.05) is 31.1 Å². The van der Waals surface area contributed by atoms with Gasteiger partial charge in [0.25, 0.3) is 0 Å². The van der Waals surface area contributed by atoms with Gasteiger partial charge in [0, 0.05) is 12.0 Å². The number of carboxylic acid groups (broad SMARTS) is 1.